The van der Waals surface area contributed by atoms with Crippen molar-refractivity contribution in [2.24, 2.45) is 11.8 Å². The number of rotatable bonds is 2. The molecule has 5 fully saturated rings. The first-order valence-corrected chi connectivity index (χ1v) is 29.1. The third-order valence-corrected chi connectivity index (χ3v) is 42.2. The van der Waals surface area contributed by atoms with Crippen molar-refractivity contribution in [2.75, 3.05) is 26.3 Å². The van der Waals surface area contributed by atoms with Crippen LogP contribution in [0.15, 0.2) is 48.5 Å². The van der Waals surface area contributed by atoms with E-state index in [4.69, 9.17) is 9.47 Å². The van der Waals surface area contributed by atoms with Crippen molar-refractivity contribution in [3.05, 3.63) is 70.8 Å². The van der Waals surface area contributed by atoms with Gasteiger partial charge in [0.05, 0.1) is 13.2 Å². The molecule has 2 aromatic carbocycles. The Morgan fingerprint density at radius 3 is 1.94 bits per heavy atom. The summed E-state index contributed by atoms with van der Waals surface area (Å²) in [5.74, 6) is 1.18. The Morgan fingerprint density at radius 2 is 1.33 bits per heavy atom. The molecule has 12 atom stereocenters. The minimum Gasteiger partial charge on any atom is -0.347 e. The molecule has 14 heteroatoms. The molecule has 2 saturated carbocycles. The zero-order valence-corrected chi connectivity index (χ0v) is 37.9. The van der Waals surface area contributed by atoms with E-state index in [1.165, 1.54) is 67.3 Å². The molecule has 5 aliphatic heterocycles. The number of benzene rings is 2. The van der Waals surface area contributed by atoms with Gasteiger partial charge in [-0.05, 0) is 74.8 Å². The van der Waals surface area contributed by atoms with Gasteiger partial charge in [-0.15, -0.1) is 35.7 Å². The fourth-order valence-corrected chi connectivity index (χ4v) is 25.9. The number of carbonyl (C=O) groups excluding carboxylic acids is 1. The summed E-state index contributed by atoms with van der Waals surface area (Å²) >= 11 is 0. The predicted molar refractivity (Wildman–Crippen MR) is 211 cm³/mol. The van der Waals surface area contributed by atoms with Gasteiger partial charge in [0.15, 0.2) is 5.79 Å². The molecule has 260 valence electrons. The first kappa shape index (κ1) is 41.3. The van der Waals surface area contributed by atoms with E-state index in [-0.39, 0.29) is 56.9 Å². The quantitative estimate of drug-likeness (QED) is 0.282. The van der Waals surface area contributed by atoms with Crippen LogP contribution in [0.2, 0.25) is 0 Å². The third-order valence-electron chi connectivity index (χ3n) is 11.7. The van der Waals surface area contributed by atoms with Crippen LogP contribution < -0.4 is 0 Å². The number of piperidine rings is 2. The maximum atomic E-state index is 12.3. The minimum absolute atomic E-state index is 0. The van der Waals surface area contributed by atoms with Crippen LogP contribution in [-0.4, -0.2) is 59.8 Å². The van der Waals surface area contributed by atoms with Gasteiger partial charge in [-0.1, -0.05) is 69.3 Å². The second-order valence-corrected chi connectivity index (χ2v) is 36.0. The number of nitrogens with zero attached hydrogens (tertiary/aromatic N) is 2. The maximum absolute atomic E-state index is 12.3. The largest absolute Gasteiger partial charge is 0.347 e. The van der Waals surface area contributed by atoms with Crippen LogP contribution in [0.25, 0.3) is 0 Å². The van der Waals surface area contributed by atoms with Gasteiger partial charge in [0.2, 0.25) is 0 Å². The number of hydrogen-bond donors (Lipinski definition) is 0. The molecule has 2 aromatic rings. The van der Waals surface area contributed by atoms with E-state index in [0.717, 1.165) is 53.4 Å². The Hall–Kier alpha value is 2.13. The Morgan fingerprint density at radius 1 is 0.771 bits per heavy atom. The molecule has 0 N–H and O–H groups in total. The number of carbonyl (C=O) groups is 1. The zero-order valence-electron chi connectivity index (χ0n) is 27.7. The smallest absolute Gasteiger partial charge is 0.174 e. The monoisotopic (exact) mass is 854 g/mol. The molecule has 1 spiro atoms. The summed E-state index contributed by atoms with van der Waals surface area (Å²) in [6.45, 7) is 4.36. The predicted octanol–water partition coefficient (Wildman–Crippen LogP) is 9.24. The molecule has 0 bridgehead atoms. The van der Waals surface area contributed by atoms with Crippen molar-refractivity contribution in [1.82, 2.24) is 9.80 Å². The van der Waals surface area contributed by atoms with Gasteiger partial charge in [0, 0.05) is 99.0 Å². The van der Waals surface area contributed by atoms with Gasteiger partial charge in [-0.2, -0.15) is 0 Å². The first-order chi connectivity index (χ1) is 22.4. The molecule has 2 aliphatic carbocycles. The molecule has 9 rings (SSSR count). The molecule has 7 aliphatic rings. The Bertz CT molecular complexity index is 1390. The second kappa shape index (κ2) is 18.6. The summed E-state index contributed by atoms with van der Waals surface area (Å²) in [5, 5.41) is 0. The van der Waals surface area contributed by atoms with Crippen molar-refractivity contribution in [3.63, 3.8) is 0 Å². The molecule has 5 heterocycles. The zero-order chi connectivity index (χ0) is 31.8. The molecule has 12 unspecified atom stereocenters. The minimum atomic E-state index is -0.285. The van der Waals surface area contributed by atoms with Crippen LogP contribution in [0.1, 0.15) is 85.7 Å². The molecule has 3 saturated heterocycles. The van der Waals surface area contributed by atoms with Crippen LogP contribution >= 0.6 is 57.6 Å². The molecule has 0 aromatic heterocycles. The van der Waals surface area contributed by atoms with Gasteiger partial charge < -0.3 is 9.47 Å². The van der Waals surface area contributed by atoms with E-state index in [0.29, 0.717) is 41.8 Å². The molecule has 5 nitrogen and oxygen atoms in total. The standard InChI is InChI=1S/C18H23NO2.C16H19NO.H9P7.2V/c1-2-5-14-13(4-1)8-9-19-16-7-3-6-15(16)18(12-17(14)19)20-10-11-21-18;18-16-10-15-12-5-2-1-4-11(12)8-9-17(15)14-7-3-6-13(14)16;1-5-7(4)6(2)3;;/h1-2,4-5,15-17H,3,6-12H2;1-2,4-5,13-15H,3,6-10H2;5H,1-4H2;;. The number of ether oxygens (including phenoxy) is 2. The summed E-state index contributed by atoms with van der Waals surface area (Å²) < 4.78 is 12.4. The van der Waals surface area contributed by atoms with E-state index < -0.39 is 0 Å². The van der Waals surface area contributed by atoms with Gasteiger partial charge in [-0.25, -0.2) is 0 Å². The number of Topliss-reactive ketones (excluding diaryl/α,β-unsaturated/α-hetero) is 1. The summed E-state index contributed by atoms with van der Waals surface area (Å²) in [6.07, 6.45) is 11.6. The van der Waals surface area contributed by atoms with Crippen molar-refractivity contribution < 1.29 is 51.4 Å². The van der Waals surface area contributed by atoms with Gasteiger partial charge in [0.1, 0.15) is 5.78 Å². The summed E-state index contributed by atoms with van der Waals surface area (Å²) in [6, 6.07) is 19.8. The SMILES string of the molecule is O=C1CC2c3ccccc3CCN2C2CCCC12.PPP(P)P(P)P.[V].[V].c1ccc2c(c1)CCN1C2CC2(OCCO2)C2CCCC21. The number of ketones is 1. The van der Waals surface area contributed by atoms with Gasteiger partial charge in [-0.3, -0.25) is 14.6 Å². The average molecular weight is 854 g/mol. The second-order valence-electron chi connectivity index (χ2n) is 13.9. The van der Waals surface area contributed by atoms with Crippen LogP contribution in [-0.2, 0) is 64.2 Å². The fourth-order valence-electron chi connectivity index (χ4n) is 9.79. The Kier molecular flexibility index (Phi) is 16.0. The molecule has 48 heavy (non-hydrogen) atoms. The fraction of sp³-hybridized carbons (Fsp3) is 0.618. The average Bonchev–Trinajstić information content (AvgIpc) is 3.88. The molecule has 0 amide bonds. The molecular weight excluding hydrogens is 803 g/mol. The van der Waals surface area contributed by atoms with Crippen molar-refractivity contribution in [3.8, 4) is 0 Å². The van der Waals surface area contributed by atoms with E-state index in [2.05, 4.69) is 94.0 Å². The van der Waals surface area contributed by atoms with Gasteiger partial charge in [0.25, 0.3) is 0 Å². The van der Waals surface area contributed by atoms with E-state index >= 15 is 0 Å². The van der Waals surface area contributed by atoms with E-state index in [1.807, 2.05) is 0 Å². The first-order valence-electron chi connectivity index (χ1n) is 17.2. The topological polar surface area (TPSA) is 42.0 Å². The number of hydrogen-bond acceptors (Lipinski definition) is 5. The van der Waals surface area contributed by atoms with Crippen molar-refractivity contribution in [1.29, 1.82) is 0 Å². The maximum Gasteiger partial charge on any atom is 0.174 e. The summed E-state index contributed by atoms with van der Waals surface area (Å²) in [5.41, 5.74) is 5.93. The van der Waals surface area contributed by atoms with Crippen molar-refractivity contribution >= 4 is 63.4 Å². The van der Waals surface area contributed by atoms with Crippen LogP contribution in [0.3, 0.4) is 0 Å². The molecule has 2 radical (unpaired) electrons. The van der Waals surface area contributed by atoms with Crippen LogP contribution in [0, 0.1) is 11.8 Å². The number of fused-ring (bicyclic) bond motifs is 11. The van der Waals surface area contributed by atoms with Crippen molar-refractivity contribution in [2.45, 2.75) is 94.2 Å². The van der Waals surface area contributed by atoms with Crippen LogP contribution in [0.5, 0.6) is 0 Å². The van der Waals surface area contributed by atoms with E-state index in [1.54, 1.807) is 0 Å². The Balaban J connectivity index is 0.000000154. The Labute approximate surface area is 325 Å². The molecular formula is C34H51N2O3P7V2. The summed E-state index contributed by atoms with van der Waals surface area (Å²) in [4.78, 5) is 17.7. The van der Waals surface area contributed by atoms with Crippen LogP contribution in [0.4, 0.5) is 0 Å². The summed E-state index contributed by atoms with van der Waals surface area (Å²) in [7, 11) is 12.4. The van der Waals surface area contributed by atoms with Gasteiger partial charge >= 0.3 is 0 Å². The third kappa shape index (κ3) is 8.50. The normalized spacial score (nSPS) is 31.8. The van der Waals surface area contributed by atoms with E-state index in [9.17, 15) is 4.79 Å².